The van der Waals surface area contributed by atoms with Crippen LogP contribution in [-0.2, 0) is 6.42 Å². The lowest BCUT2D eigenvalue weighted by molar-refractivity contribution is 0.228. The fourth-order valence-electron chi connectivity index (χ4n) is 1.69. The van der Waals surface area contributed by atoms with E-state index in [-0.39, 0.29) is 12.5 Å². The van der Waals surface area contributed by atoms with Gasteiger partial charge in [-0.1, -0.05) is 15.9 Å². The summed E-state index contributed by atoms with van der Waals surface area (Å²) in [4.78, 5) is 0. The van der Waals surface area contributed by atoms with Crippen molar-refractivity contribution >= 4 is 15.9 Å². The molecular weight excluding hydrogens is 286 g/mol. The summed E-state index contributed by atoms with van der Waals surface area (Å²) in [5.74, 6) is 1.40. The van der Waals surface area contributed by atoms with Crippen molar-refractivity contribution in [3.63, 3.8) is 0 Å². The topological polar surface area (TPSA) is 64.7 Å². The van der Waals surface area contributed by atoms with Crippen LogP contribution in [0.3, 0.4) is 0 Å². The molecule has 96 valence electrons. The first-order chi connectivity index (χ1) is 8.15. The number of hydrogen-bond acceptors (Lipinski definition) is 4. The van der Waals surface area contributed by atoms with Crippen LogP contribution in [0.1, 0.15) is 5.56 Å². The number of aliphatic hydroxyl groups excluding tert-OH is 1. The van der Waals surface area contributed by atoms with Gasteiger partial charge in [-0.25, -0.2) is 0 Å². The molecule has 1 atom stereocenters. The highest BCUT2D eigenvalue weighted by molar-refractivity contribution is 9.10. The Morgan fingerprint density at radius 1 is 1.35 bits per heavy atom. The van der Waals surface area contributed by atoms with Crippen LogP contribution in [0.5, 0.6) is 11.5 Å². The van der Waals surface area contributed by atoms with Crippen molar-refractivity contribution in [1.29, 1.82) is 0 Å². The molecule has 0 amide bonds. The fraction of sp³-hybridized carbons (Fsp3) is 0.500. The summed E-state index contributed by atoms with van der Waals surface area (Å²) in [5, 5.41) is 9.18. The van der Waals surface area contributed by atoms with E-state index in [1.165, 1.54) is 0 Å². The molecule has 17 heavy (non-hydrogen) atoms. The molecule has 1 aromatic carbocycles. The molecule has 0 aliphatic rings. The number of nitrogens with two attached hydrogens (primary N) is 1. The molecule has 0 fully saturated rings. The van der Waals surface area contributed by atoms with E-state index < -0.39 is 0 Å². The number of rotatable bonds is 6. The smallest absolute Gasteiger partial charge is 0.163 e. The van der Waals surface area contributed by atoms with Crippen LogP contribution >= 0.6 is 15.9 Å². The third kappa shape index (κ3) is 3.59. The van der Waals surface area contributed by atoms with E-state index >= 15 is 0 Å². The molecule has 0 aromatic heterocycles. The second-order valence-electron chi connectivity index (χ2n) is 3.79. The maximum Gasteiger partial charge on any atom is 0.163 e. The van der Waals surface area contributed by atoms with Gasteiger partial charge in [0.15, 0.2) is 11.5 Å². The Bertz CT molecular complexity index is 367. The van der Waals surface area contributed by atoms with Crippen LogP contribution in [0.2, 0.25) is 0 Å². The minimum Gasteiger partial charge on any atom is -0.493 e. The van der Waals surface area contributed by atoms with E-state index in [1.54, 1.807) is 14.2 Å². The maximum absolute atomic E-state index is 9.18. The second kappa shape index (κ2) is 6.83. The zero-order valence-electron chi connectivity index (χ0n) is 10.1. The fourth-order valence-corrected chi connectivity index (χ4v) is 2.18. The normalized spacial score (nSPS) is 12.3. The van der Waals surface area contributed by atoms with Crippen molar-refractivity contribution in [3.8, 4) is 11.5 Å². The molecule has 1 unspecified atom stereocenters. The summed E-state index contributed by atoms with van der Waals surface area (Å²) in [7, 11) is 3.20. The molecule has 1 aromatic rings. The minimum absolute atomic E-state index is 0.0305. The number of aliphatic hydroxyl groups is 1. The second-order valence-corrected chi connectivity index (χ2v) is 4.70. The van der Waals surface area contributed by atoms with Crippen LogP contribution in [0, 0.1) is 5.92 Å². The van der Waals surface area contributed by atoms with Gasteiger partial charge in [-0.3, -0.25) is 0 Å². The molecule has 4 nitrogen and oxygen atoms in total. The van der Waals surface area contributed by atoms with E-state index in [1.807, 2.05) is 12.1 Å². The summed E-state index contributed by atoms with van der Waals surface area (Å²) < 4.78 is 11.5. The van der Waals surface area contributed by atoms with Crippen molar-refractivity contribution in [2.75, 3.05) is 27.4 Å². The number of methoxy groups -OCH3 is 2. The van der Waals surface area contributed by atoms with Gasteiger partial charge in [0, 0.05) is 11.1 Å². The summed E-state index contributed by atoms with van der Waals surface area (Å²) in [5.41, 5.74) is 6.56. The molecular formula is C12H18BrNO3. The predicted octanol–water partition coefficient (Wildman–Crippen LogP) is 1.58. The third-order valence-corrected chi connectivity index (χ3v) is 3.08. The van der Waals surface area contributed by atoms with Crippen LogP contribution in [-0.4, -0.2) is 32.5 Å². The lowest BCUT2D eigenvalue weighted by Gasteiger charge is -2.17. The van der Waals surface area contributed by atoms with Crippen LogP contribution in [0.25, 0.3) is 0 Å². The molecule has 0 aliphatic heterocycles. The summed E-state index contributed by atoms with van der Waals surface area (Å²) >= 11 is 3.42. The van der Waals surface area contributed by atoms with Gasteiger partial charge in [-0.2, -0.15) is 0 Å². The highest BCUT2D eigenvalue weighted by atomic mass is 79.9. The molecule has 1 rings (SSSR count). The quantitative estimate of drug-likeness (QED) is 0.837. The minimum atomic E-state index is 0.0305. The van der Waals surface area contributed by atoms with E-state index in [9.17, 15) is 5.11 Å². The van der Waals surface area contributed by atoms with Crippen LogP contribution in [0.4, 0.5) is 0 Å². The highest BCUT2D eigenvalue weighted by Crippen LogP contribution is 2.35. The van der Waals surface area contributed by atoms with Gasteiger partial charge in [0.1, 0.15) is 0 Å². The Balaban J connectivity index is 3.07. The average molecular weight is 304 g/mol. The summed E-state index contributed by atoms with van der Waals surface area (Å²) in [6.45, 7) is 0.503. The Hall–Kier alpha value is -0.780. The zero-order chi connectivity index (χ0) is 12.8. The molecule has 0 spiro atoms. The number of hydrogen-bond donors (Lipinski definition) is 2. The Labute approximate surface area is 110 Å². The summed E-state index contributed by atoms with van der Waals surface area (Å²) in [6, 6.07) is 3.80. The van der Waals surface area contributed by atoms with Crippen molar-refractivity contribution in [2.24, 2.45) is 11.7 Å². The van der Waals surface area contributed by atoms with Gasteiger partial charge < -0.3 is 20.3 Å². The van der Waals surface area contributed by atoms with E-state index in [2.05, 4.69) is 15.9 Å². The van der Waals surface area contributed by atoms with Crippen molar-refractivity contribution in [3.05, 3.63) is 22.2 Å². The van der Waals surface area contributed by atoms with Gasteiger partial charge >= 0.3 is 0 Å². The number of halogens is 1. The number of benzene rings is 1. The van der Waals surface area contributed by atoms with Gasteiger partial charge in [0.25, 0.3) is 0 Å². The van der Waals surface area contributed by atoms with E-state index in [0.29, 0.717) is 24.5 Å². The van der Waals surface area contributed by atoms with Gasteiger partial charge in [-0.05, 0) is 36.6 Å². The van der Waals surface area contributed by atoms with E-state index in [0.717, 1.165) is 10.0 Å². The lowest BCUT2D eigenvalue weighted by atomic mass is 9.99. The van der Waals surface area contributed by atoms with E-state index in [4.69, 9.17) is 15.2 Å². The predicted molar refractivity (Wildman–Crippen MR) is 70.6 cm³/mol. The Morgan fingerprint density at radius 2 is 2.06 bits per heavy atom. The lowest BCUT2D eigenvalue weighted by Crippen LogP contribution is -2.20. The summed E-state index contributed by atoms with van der Waals surface area (Å²) in [6.07, 6.45) is 0.659. The van der Waals surface area contributed by atoms with Gasteiger partial charge in [0.05, 0.1) is 14.2 Å². The van der Waals surface area contributed by atoms with Crippen molar-refractivity contribution < 1.29 is 14.6 Å². The Morgan fingerprint density at radius 3 is 2.53 bits per heavy atom. The van der Waals surface area contributed by atoms with Crippen molar-refractivity contribution in [2.45, 2.75) is 6.42 Å². The molecule has 0 saturated heterocycles. The average Bonchev–Trinajstić information content (AvgIpc) is 2.34. The Kier molecular flexibility index (Phi) is 5.74. The van der Waals surface area contributed by atoms with Gasteiger partial charge in [0.2, 0.25) is 0 Å². The highest BCUT2D eigenvalue weighted by Gasteiger charge is 2.15. The van der Waals surface area contributed by atoms with Crippen LogP contribution in [0.15, 0.2) is 16.6 Å². The molecule has 0 radical (unpaired) electrons. The molecule has 3 N–H and O–H groups in total. The zero-order valence-corrected chi connectivity index (χ0v) is 11.7. The first-order valence-electron chi connectivity index (χ1n) is 5.37. The SMILES string of the molecule is COc1cc(Br)cc(CC(CN)CO)c1OC. The standard InChI is InChI=1S/C12H18BrNO3/c1-16-11-5-10(13)4-9(12(11)17-2)3-8(6-14)7-15/h4-5,8,15H,3,6-7,14H2,1-2H3. The molecule has 0 aliphatic carbocycles. The largest absolute Gasteiger partial charge is 0.493 e. The van der Waals surface area contributed by atoms with Gasteiger partial charge in [-0.15, -0.1) is 0 Å². The first kappa shape index (κ1) is 14.3. The van der Waals surface area contributed by atoms with Crippen LogP contribution < -0.4 is 15.2 Å². The maximum atomic E-state index is 9.18. The molecule has 0 bridgehead atoms. The first-order valence-corrected chi connectivity index (χ1v) is 6.16. The monoisotopic (exact) mass is 303 g/mol. The number of ether oxygens (including phenoxy) is 2. The van der Waals surface area contributed by atoms with Crippen molar-refractivity contribution in [1.82, 2.24) is 0 Å². The third-order valence-electron chi connectivity index (χ3n) is 2.62. The molecule has 0 heterocycles. The molecule has 5 heteroatoms. The molecule has 0 saturated carbocycles.